The molecule has 0 radical (unpaired) electrons. The minimum absolute atomic E-state index is 0.208. The summed E-state index contributed by atoms with van der Waals surface area (Å²) in [7, 11) is -7.65. The number of hydrogen-bond acceptors (Lipinski definition) is 12. The second kappa shape index (κ2) is 18.9. The second-order valence-electron chi connectivity index (χ2n) is 17.3. The van der Waals surface area contributed by atoms with E-state index in [1.165, 1.54) is 31.5 Å². The zero-order chi connectivity index (χ0) is 49.8. The number of fused-ring (bicyclic) bond motifs is 4. The van der Waals surface area contributed by atoms with Gasteiger partial charge in [0.2, 0.25) is 0 Å². The number of aliphatic hydroxyl groups is 2. The summed E-state index contributed by atoms with van der Waals surface area (Å²) in [4.78, 5) is 11.4. The first-order chi connectivity index (χ1) is 33.5. The van der Waals surface area contributed by atoms with Crippen LogP contribution in [0.15, 0.2) is 151 Å². The molecule has 0 spiro atoms. The zero-order valence-electron chi connectivity index (χ0n) is 39.0. The molecule has 2 unspecified atom stereocenters. The number of thioether (sulfide) groups is 2. The van der Waals surface area contributed by atoms with Crippen LogP contribution < -0.4 is 0 Å². The molecule has 0 bridgehead atoms. The van der Waals surface area contributed by atoms with Gasteiger partial charge >= 0.3 is 0 Å². The maximum atomic E-state index is 13.5. The van der Waals surface area contributed by atoms with Crippen molar-refractivity contribution in [2.45, 2.75) is 72.3 Å². The highest BCUT2D eigenvalue weighted by Gasteiger charge is 2.31. The minimum Gasteiger partial charge on any atom is -0.382 e. The summed E-state index contributed by atoms with van der Waals surface area (Å²) in [5.41, 5.74) is 11.4. The number of nitriles is 2. The Morgan fingerprint density at radius 2 is 0.986 bits per heavy atom. The van der Waals surface area contributed by atoms with Gasteiger partial charge in [-0.15, -0.1) is 23.5 Å². The first kappa shape index (κ1) is 48.3. The number of aliphatic imine (C=N–C) groups is 2. The van der Waals surface area contributed by atoms with Crippen LogP contribution in [0.1, 0.15) is 67.8 Å². The van der Waals surface area contributed by atoms with Crippen LogP contribution in [0.2, 0.25) is 0 Å². The van der Waals surface area contributed by atoms with E-state index in [0.717, 1.165) is 48.9 Å². The largest absolute Gasteiger partial charge is 0.382 e. The molecule has 8 aromatic rings. The molecule has 6 aromatic carbocycles. The monoisotopic (exact) mass is 1000 g/mol. The van der Waals surface area contributed by atoms with Crippen molar-refractivity contribution < 1.29 is 27.0 Å². The highest BCUT2D eigenvalue weighted by molar-refractivity contribution is 7.99. The van der Waals surface area contributed by atoms with Gasteiger partial charge in [0.15, 0.2) is 0 Å². The van der Waals surface area contributed by atoms with Gasteiger partial charge in [-0.05, 0) is 141 Å². The van der Waals surface area contributed by atoms with Crippen LogP contribution in [0, 0.1) is 50.4 Å². The molecule has 70 heavy (non-hydrogen) atoms. The van der Waals surface area contributed by atoms with Crippen LogP contribution >= 0.6 is 23.5 Å². The summed E-state index contributed by atoms with van der Waals surface area (Å²) in [6.07, 6.45) is 5.83. The fraction of sp³-hybridized carbons (Fsp3) is 0.185. The van der Waals surface area contributed by atoms with Gasteiger partial charge in [-0.1, -0.05) is 41.5 Å². The Labute approximate surface area is 415 Å². The van der Waals surface area contributed by atoms with E-state index in [1.807, 2.05) is 58.4 Å². The molecule has 2 aliphatic heterocycles. The van der Waals surface area contributed by atoms with Crippen LogP contribution in [0.25, 0.3) is 21.8 Å². The van der Waals surface area contributed by atoms with Gasteiger partial charge in [-0.25, -0.2) is 24.8 Å². The summed E-state index contributed by atoms with van der Waals surface area (Å²) in [5, 5.41) is 42.8. The predicted octanol–water partition coefficient (Wildman–Crippen LogP) is 10.9. The van der Waals surface area contributed by atoms with Crippen LogP contribution in [-0.4, -0.2) is 58.9 Å². The van der Waals surface area contributed by atoms with E-state index < -0.39 is 32.3 Å². The molecule has 0 saturated carbocycles. The lowest BCUT2D eigenvalue weighted by molar-refractivity contribution is 0.244. The Bertz CT molecular complexity index is 3820. The number of rotatable bonds is 10. The fourth-order valence-corrected chi connectivity index (χ4v) is 13.5. The van der Waals surface area contributed by atoms with Crippen LogP contribution in [0.3, 0.4) is 0 Å². The van der Waals surface area contributed by atoms with Crippen molar-refractivity contribution in [3.63, 3.8) is 0 Å². The molecule has 0 amide bonds. The molecule has 2 aliphatic rings. The lowest BCUT2D eigenvalue weighted by Gasteiger charge is -2.18. The van der Waals surface area contributed by atoms with Crippen molar-refractivity contribution >= 4 is 88.2 Å². The Kier molecular flexibility index (Phi) is 13.0. The fourth-order valence-electron chi connectivity index (χ4n) is 9.16. The third kappa shape index (κ3) is 8.55. The van der Waals surface area contributed by atoms with Crippen molar-refractivity contribution in [1.29, 1.82) is 10.5 Å². The zero-order valence-corrected chi connectivity index (χ0v) is 42.2. The second-order valence-corrected chi connectivity index (χ2v) is 22.6. The number of aryl methyl sites for hydroxylation is 4. The van der Waals surface area contributed by atoms with E-state index in [1.54, 1.807) is 103 Å². The summed E-state index contributed by atoms with van der Waals surface area (Å²) in [5.74, 6) is 0. The smallest absolute Gasteiger partial charge is 0.268 e. The Hall–Kier alpha value is -6.76. The van der Waals surface area contributed by atoms with Gasteiger partial charge in [-0.2, -0.15) is 10.5 Å². The minimum atomic E-state index is -3.83. The molecule has 0 saturated heterocycles. The summed E-state index contributed by atoms with van der Waals surface area (Å²) in [6.45, 7) is 7.58. The molecule has 12 nitrogen and oxygen atoms in total. The first-order valence-electron chi connectivity index (χ1n) is 22.1. The number of aromatic nitrogens is 2. The number of benzene rings is 6. The molecule has 2 aromatic heterocycles. The molecule has 10 rings (SSSR count). The Morgan fingerprint density at radius 3 is 1.44 bits per heavy atom. The topological polar surface area (TPSA) is 191 Å². The average Bonchev–Trinajstić information content (AvgIpc) is 4.19. The molecule has 352 valence electrons. The van der Waals surface area contributed by atoms with Gasteiger partial charge < -0.3 is 10.2 Å². The SMILES string of the molecule is CSc1cc(C)c2c(ccn2S(=O)(=O)c2ccc(C)cc2)c1C(O)C1=Nc2cc(C#N)ccc2C1.CSc1cc(C)c2c(ccn2S(=O)(=O)c2ccc(C)cc2)c1C(O)C1=Nc2ccc(C#N)cc2C1. The van der Waals surface area contributed by atoms with E-state index in [0.29, 0.717) is 74.0 Å². The van der Waals surface area contributed by atoms with Crippen LogP contribution in [0.5, 0.6) is 0 Å². The van der Waals surface area contributed by atoms with E-state index in [4.69, 9.17) is 0 Å². The third-order valence-electron chi connectivity index (χ3n) is 12.7. The van der Waals surface area contributed by atoms with Crippen molar-refractivity contribution in [1.82, 2.24) is 7.94 Å². The van der Waals surface area contributed by atoms with E-state index >= 15 is 0 Å². The molecular formula is C54H46N6O6S4. The molecule has 2 atom stereocenters. The molecular weight excluding hydrogens is 957 g/mol. The van der Waals surface area contributed by atoms with Gasteiger partial charge in [0.1, 0.15) is 12.2 Å². The predicted molar refractivity (Wildman–Crippen MR) is 278 cm³/mol. The first-order valence-corrected chi connectivity index (χ1v) is 27.4. The number of hydrogen-bond donors (Lipinski definition) is 2. The van der Waals surface area contributed by atoms with Crippen molar-refractivity contribution in [2.24, 2.45) is 9.98 Å². The number of nitrogens with zero attached hydrogens (tertiary/aromatic N) is 6. The number of aliphatic hydroxyl groups excluding tert-OH is 2. The van der Waals surface area contributed by atoms with E-state index in [2.05, 4.69) is 22.1 Å². The molecule has 16 heteroatoms. The maximum absolute atomic E-state index is 13.5. The summed E-state index contributed by atoms with van der Waals surface area (Å²) < 4.78 is 56.7. The van der Waals surface area contributed by atoms with Crippen molar-refractivity contribution in [3.8, 4) is 12.1 Å². The van der Waals surface area contributed by atoms with Gasteiger partial charge in [0.05, 0.1) is 66.9 Å². The maximum Gasteiger partial charge on any atom is 0.268 e. The van der Waals surface area contributed by atoms with E-state index in [9.17, 15) is 37.6 Å². The standard InChI is InChI=1S/2C27H23N3O3S2/c1-16-4-8-20(9-5-16)35(32,33)30-11-10-21-25(24(34-3)12-17(2)26(21)30)27(31)23-14-19-7-6-18(15-28)13-22(19)29-23;1-16-4-7-20(8-5-16)35(32,33)30-11-10-21-25(24(34-3)12-17(2)26(21)30)27(31)23-14-19-13-18(15-28)6-9-22(19)29-23/h2*4-13,27,31H,14H2,1-3H3. The summed E-state index contributed by atoms with van der Waals surface area (Å²) >= 11 is 3.00. The normalized spacial score (nSPS) is 14.0. The molecule has 2 N–H and O–H groups in total. The molecule has 0 fully saturated rings. The van der Waals surface area contributed by atoms with E-state index in [-0.39, 0.29) is 9.79 Å². The highest BCUT2D eigenvalue weighted by atomic mass is 32.2. The van der Waals surface area contributed by atoms with Crippen LogP contribution in [-0.2, 0) is 32.9 Å². The lowest BCUT2D eigenvalue weighted by atomic mass is 9.96. The Morgan fingerprint density at radius 1 is 0.557 bits per heavy atom. The quantitative estimate of drug-likeness (QED) is 0.125. The lowest BCUT2D eigenvalue weighted by Crippen LogP contribution is -2.15. The third-order valence-corrected chi connectivity index (χ3v) is 17.7. The molecule has 0 aliphatic carbocycles. The highest BCUT2D eigenvalue weighted by Crippen LogP contribution is 2.42. The summed E-state index contributed by atoms with van der Waals surface area (Å²) in [6, 6.07) is 35.8. The average molecular weight is 1000 g/mol. The molecule has 4 heterocycles. The van der Waals surface area contributed by atoms with Gasteiger partial charge in [0.25, 0.3) is 20.0 Å². The van der Waals surface area contributed by atoms with Gasteiger partial charge in [-0.3, -0.25) is 9.98 Å². The van der Waals surface area contributed by atoms with Crippen molar-refractivity contribution in [3.05, 3.63) is 177 Å². The van der Waals surface area contributed by atoms with Crippen LogP contribution in [0.4, 0.5) is 11.4 Å². The van der Waals surface area contributed by atoms with Crippen molar-refractivity contribution in [2.75, 3.05) is 12.5 Å². The van der Waals surface area contributed by atoms with Gasteiger partial charge in [0, 0.05) is 56.9 Å². The Balaban J connectivity index is 0.000000174.